The first kappa shape index (κ1) is 18.8. The van der Waals surface area contributed by atoms with E-state index in [1.165, 1.54) is 0 Å². The van der Waals surface area contributed by atoms with Gasteiger partial charge in [-0.25, -0.2) is 13.1 Å². The maximum Gasteiger partial charge on any atom is 0.240 e. The second-order valence-corrected chi connectivity index (χ2v) is 9.93. The highest BCUT2D eigenvalue weighted by molar-refractivity contribution is 8.00. The van der Waals surface area contributed by atoms with Gasteiger partial charge in [-0.05, 0) is 36.4 Å². The molecule has 2 aromatic carbocycles. The Kier molecular flexibility index (Phi) is 6.32. The molecule has 0 aliphatic rings. The molecule has 0 unspecified atom stereocenters. The molecule has 0 amide bonds. The molecule has 0 atom stereocenters. The average Bonchev–Trinajstić information content (AvgIpc) is 2.52. The maximum absolute atomic E-state index is 12.3. The fraction of sp³-hybridized carbons (Fsp3) is 0.333. The minimum Gasteiger partial charge on any atom is -0.457 e. The number of nitrogens with one attached hydrogen (secondary N) is 1. The Morgan fingerprint density at radius 1 is 0.958 bits per heavy atom. The normalized spacial score (nSPS) is 12.1. The zero-order valence-corrected chi connectivity index (χ0v) is 15.8. The molecule has 0 aliphatic carbocycles. The van der Waals surface area contributed by atoms with Crippen LogP contribution in [-0.4, -0.2) is 25.5 Å². The lowest BCUT2D eigenvalue weighted by Crippen LogP contribution is -2.27. The van der Waals surface area contributed by atoms with E-state index in [-0.39, 0.29) is 9.64 Å². The zero-order chi connectivity index (χ0) is 17.6. The van der Waals surface area contributed by atoms with E-state index < -0.39 is 10.0 Å². The Morgan fingerprint density at radius 2 is 1.54 bits per heavy atom. The summed E-state index contributed by atoms with van der Waals surface area (Å²) in [5.41, 5.74) is 0. The summed E-state index contributed by atoms with van der Waals surface area (Å²) in [6.45, 7) is 6.74. The van der Waals surface area contributed by atoms with Gasteiger partial charge < -0.3 is 4.74 Å². The van der Waals surface area contributed by atoms with Crippen LogP contribution in [0, 0.1) is 0 Å². The van der Waals surface area contributed by atoms with Crippen LogP contribution in [-0.2, 0) is 10.0 Å². The highest BCUT2D eigenvalue weighted by Gasteiger charge is 2.15. The lowest BCUT2D eigenvalue weighted by atomic mass is 10.3. The van der Waals surface area contributed by atoms with Gasteiger partial charge in [0.25, 0.3) is 0 Å². The molecule has 4 nitrogen and oxygen atoms in total. The molecule has 0 aromatic heterocycles. The molecule has 6 heteroatoms. The summed E-state index contributed by atoms with van der Waals surface area (Å²) >= 11 is 1.73. The number of hydrogen-bond acceptors (Lipinski definition) is 4. The third kappa shape index (κ3) is 6.19. The predicted octanol–water partition coefficient (Wildman–Crippen LogP) is 4.29. The van der Waals surface area contributed by atoms with E-state index in [1.807, 2.05) is 30.3 Å². The van der Waals surface area contributed by atoms with Crippen molar-refractivity contribution in [3.05, 3.63) is 54.6 Å². The summed E-state index contributed by atoms with van der Waals surface area (Å²) in [6.07, 6.45) is 0. The van der Waals surface area contributed by atoms with Gasteiger partial charge in [0.1, 0.15) is 11.5 Å². The summed E-state index contributed by atoms with van der Waals surface area (Å²) in [6, 6.07) is 15.8. The first-order chi connectivity index (χ1) is 11.3. The van der Waals surface area contributed by atoms with Crippen molar-refractivity contribution in [2.75, 3.05) is 12.3 Å². The van der Waals surface area contributed by atoms with Crippen LogP contribution in [0.15, 0.2) is 59.5 Å². The Labute approximate surface area is 148 Å². The average molecular weight is 366 g/mol. The number of ether oxygens (including phenoxy) is 1. The largest absolute Gasteiger partial charge is 0.457 e. The molecule has 0 saturated carbocycles. The molecule has 130 valence electrons. The Morgan fingerprint density at radius 3 is 2.12 bits per heavy atom. The van der Waals surface area contributed by atoms with Crippen molar-refractivity contribution in [3.8, 4) is 11.5 Å². The van der Waals surface area contributed by atoms with Gasteiger partial charge in [-0.2, -0.15) is 11.8 Å². The van der Waals surface area contributed by atoms with E-state index in [0.29, 0.717) is 18.0 Å². The molecule has 2 rings (SSSR count). The second-order valence-electron chi connectivity index (χ2n) is 6.25. The summed E-state index contributed by atoms with van der Waals surface area (Å²) in [5, 5.41) is 0. The topological polar surface area (TPSA) is 55.4 Å². The smallest absolute Gasteiger partial charge is 0.240 e. The maximum atomic E-state index is 12.3. The van der Waals surface area contributed by atoms with E-state index in [0.717, 1.165) is 5.75 Å². The molecule has 2 aromatic rings. The van der Waals surface area contributed by atoms with Gasteiger partial charge in [0.2, 0.25) is 10.0 Å². The summed E-state index contributed by atoms with van der Waals surface area (Å²) in [5.74, 6) is 2.05. The number of sulfonamides is 1. The van der Waals surface area contributed by atoms with Crippen LogP contribution in [0.3, 0.4) is 0 Å². The Hall–Kier alpha value is -1.50. The van der Waals surface area contributed by atoms with Crippen LogP contribution in [0.25, 0.3) is 0 Å². The van der Waals surface area contributed by atoms with E-state index in [9.17, 15) is 8.42 Å². The van der Waals surface area contributed by atoms with E-state index in [1.54, 1.807) is 36.0 Å². The van der Waals surface area contributed by atoms with Crippen molar-refractivity contribution in [1.82, 2.24) is 4.72 Å². The zero-order valence-electron chi connectivity index (χ0n) is 14.2. The predicted molar refractivity (Wildman–Crippen MR) is 100 cm³/mol. The van der Waals surface area contributed by atoms with Crippen LogP contribution < -0.4 is 9.46 Å². The molecule has 0 fully saturated rings. The first-order valence-corrected chi connectivity index (χ1v) is 10.2. The highest BCUT2D eigenvalue weighted by atomic mass is 32.2. The number of hydrogen-bond donors (Lipinski definition) is 1. The quantitative estimate of drug-likeness (QED) is 0.744. The van der Waals surface area contributed by atoms with Gasteiger partial charge in [0, 0.05) is 17.0 Å². The molecule has 0 bridgehead atoms. The van der Waals surface area contributed by atoms with Crippen molar-refractivity contribution in [2.45, 2.75) is 30.4 Å². The van der Waals surface area contributed by atoms with Gasteiger partial charge in [-0.3, -0.25) is 0 Å². The lowest BCUT2D eigenvalue weighted by molar-refractivity contribution is 0.482. The number of benzene rings is 2. The fourth-order valence-corrected chi connectivity index (χ4v) is 3.91. The van der Waals surface area contributed by atoms with Crippen molar-refractivity contribution < 1.29 is 13.2 Å². The van der Waals surface area contributed by atoms with Crippen LogP contribution >= 0.6 is 11.8 Å². The highest BCUT2D eigenvalue weighted by Crippen LogP contribution is 2.23. The second kappa shape index (κ2) is 8.05. The molecule has 0 heterocycles. The summed E-state index contributed by atoms with van der Waals surface area (Å²) in [7, 11) is -3.49. The molecule has 1 N–H and O–H groups in total. The summed E-state index contributed by atoms with van der Waals surface area (Å²) < 4.78 is 32.9. The molecule has 0 spiro atoms. The number of thioether (sulfide) groups is 1. The Balaban J connectivity index is 1.93. The first-order valence-electron chi connectivity index (χ1n) is 7.73. The fourth-order valence-electron chi connectivity index (χ4n) is 1.93. The van der Waals surface area contributed by atoms with Gasteiger partial charge in [0.05, 0.1) is 4.90 Å². The van der Waals surface area contributed by atoms with E-state index >= 15 is 0 Å². The standard InChI is InChI=1S/C18H23NO3S2/c1-18(2,3)23-14-13-19-24(20,21)17-11-9-16(10-12-17)22-15-7-5-4-6-8-15/h4-12,19H,13-14H2,1-3H3. The third-order valence-electron chi connectivity index (χ3n) is 3.04. The van der Waals surface area contributed by atoms with E-state index in [2.05, 4.69) is 25.5 Å². The van der Waals surface area contributed by atoms with Crippen molar-refractivity contribution >= 4 is 21.8 Å². The Bertz CT molecular complexity index is 736. The van der Waals surface area contributed by atoms with E-state index in [4.69, 9.17) is 4.74 Å². The molecule has 0 saturated heterocycles. The monoisotopic (exact) mass is 365 g/mol. The lowest BCUT2D eigenvalue weighted by Gasteiger charge is -2.17. The van der Waals surface area contributed by atoms with Gasteiger partial charge in [0.15, 0.2) is 0 Å². The minimum absolute atomic E-state index is 0.127. The van der Waals surface area contributed by atoms with Crippen molar-refractivity contribution in [2.24, 2.45) is 0 Å². The number of para-hydroxylation sites is 1. The van der Waals surface area contributed by atoms with Gasteiger partial charge in [-0.15, -0.1) is 0 Å². The van der Waals surface area contributed by atoms with Crippen LogP contribution in [0.1, 0.15) is 20.8 Å². The molecular formula is C18H23NO3S2. The molecule has 24 heavy (non-hydrogen) atoms. The number of rotatable bonds is 7. The van der Waals surface area contributed by atoms with Gasteiger partial charge >= 0.3 is 0 Å². The molecular weight excluding hydrogens is 342 g/mol. The van der Waals surface area contributed by atoms with Crippen LogP contribution in [0.5, 0.6) is 11.5 Å². The molecule has 0 radical (unpaired) electrons. The van der Waals surface area contributed by atoms with Crippen molar-refractivity contribution in [1.29, 1.82) is 0 Å². The van der Waals surface area contributed by atoms with Crippen LogP contribution in [0.2, 0.25) is 0 Å². The SMILES string of the molecule is CC(C)(C)SCCNS(=O)(=O)c1ccc(Oc2ccccc2)cc1. The van der Waals surface area contributed by atoms with Crippen molar-refractivity contribution in [3.63, 3.8) is 0 Å². The summed E-state index contributed by atoms with van der Waals surface area (Å²) in [4.78, 5) is 0.240. The van der Waals surface area contributed by atoms with Gasteiger partial charge in [-0.1, -0.05) is 39.0 Å². The van der Waals surface area contributed by atoms with Crippen LogP contribution in [0.4, 0.5) is 0 Å². The minimum atomic E-state index is -3.49. The molecule has 0 aliphatic heterocycles. The third-order valence-corrected chi connectivity index (χ3v) is 5.79.